The van der Waals surface area contributed by atoms with Gasteiger partial charge in [0.05, 0.1) is 4.92 Å². The lowest BCUT2D eigenvalue weighted by Crippen LogP contribution is -2.48. The standard InChI is InChI=1S/C16H18N4O3S.ClH/c1-10-8-17-6-5-13(10)18-15(21)14-9-24-16(19-14)11-3-2-4-12(7-11)20(22)23;/h2-4,7,9-10,13,17H,5-6,8H2,1H3,(H,18,21);1H. The Labute approximate surface area is 155 Å². The molecule has 0 radical (unpaired) electrons. The number of aromatic nitrogens is 1. The second-order valence-corrected chi connectivity index (χ2v) is 6.75. The number of carbonyl (C=O) groups excluding carboxylic acids is 1. The molecule has 9 heteroatoms. The van der Waals surface area contributed by atoms with Crippen molar-refractivity contribution in [3.05, 3.63) is 45.5 Å². The molecule has 0 spiro atoms. The average Bonchev–Trinajstić information content (AvgIpc) is 3.07. The van der Waals surface area contributed by atoms with Crippen molar-refractivity contribution in [2.45, 2.75) is 19.4 Å². The number of nitrogens with one attached hydrogen (secondary N) is 2. The van der Waals surface area contributed by atoms with Gasteiger partial charge in [0.15, 0.2) is 0 Å². The molecule has 7 nitrogen and oxygen atoms in total. The predicted octanol–water partition coefficient (Wildman–Crippen LogP) is 2.87. The molecule has 1 saturated heterocycles. The van der Waals surface area contributed by atoms with Gasteiger partial charge in [0.25, 0.3) is 11.6 Å². The normalized spacial score (nSPS) is 19.7. The van der Waals surface area contributed by atoms with E-state index in [1.807, 2.05) is 0 Å². The van der Waals surface area contributed by atoms with Gasteiger partial charge in [0.2, 0.25) is 0 Å². The molecule has 1 fully saturated rings. The Morgan fingerprint density at radius 2 is 2.28 bits per heavy atom. The molecule has 25 heavy (non-hydrogen) atoms. The summed E-state index contributed by atoms with van der Waals surface area (Å²) in [6.07, 6.45) is 0.898. The molecule has 0 aliphatic carbocycles. The molecular weight excluding hydrogens is 364 g/mol. The molecule has 1 amide bonds. The Balaban J connectivity index is 0.00000225. The summed E-state index contributed by atoms with van der Waals surface area (Å²) >= 11 is 1.31. The number of nitro benzene ring substituents is 1. The molecule has 1 aromatic carbocycles. The first-order valence-electron chi connectivity index (χ1n) is 7.76. The van der Waals surface area contributed by atoms with Gasteiger partial charge in [-0.25, -0.2) is 4.98 Å². The molecule has 1 aromatic heterocycles. The first kappa shape index (κ1) is 19.3. The van der Waals surface area contributed by atoms with Gasteiger partial charge >= 0.3 is 0 Å². The van der Waals surface area contributed by atoms with Gasteiger partial charge in [-0.1, -0.05) is 19.1 Å². The highest BCUT2D eigenvalue weighted by Gasteiger charge is 2.24. The summed E-state index contributed by atoms with van der Waals surface area (Å²) in [5.74, 6) is 0.180. The number of nitro groups is 1. The predicted molar refractivity (Wildman–Crippen MR) is 99.4 cm³/mol. The minimum Gasteiger partial charge on any atom is -0.348 e. The fourth-order valence-corrected chi connectivity index (χ4v) is 3.53. The molecule has 1 aliphatic rings. The van der Waals surface area contributed by atoms with Crippen molar-refractivity contribution in [1.29, 1.82) is 0 Å². The Bertz CT molecular complexity index is 767. The van der Waals surface area contributed by atoms with Crippen molar-refractivity contribution in [2.75, 3.05) is 13.1 Å². The van der Waals surface area contributed by atoms with Crippen LogP contribution in [0.2, 0.25) is 0 Å². The van der Waals surface area contributed by atoms with Crippen molar-refractivity contribution < 1.29 is 9.72 Å². The van der Waals surface area contributed by atoms with Crippen LogP contribution in [0.3, 0.4) is 0 Å². The average molecular weight is 383 g/mol. The first-order chi connectivity index (χ1) is 11.5. The zero-order chi connectivity index (χ0) is 17.1. The zero-order valence-corrected chi connectivity index (χ0v) is 15.2. The third kappa shape index (κ3) is 4.53. The van der Waals surface area contributed by atoms with E-state index in [9.17, 15) is 14.9 Å². The van der Waals surface area contributed by atoms with Crippen molar-refractivity contribution >= 4 is 35.3 Å². The summed E-state index contributed by atoms with van der Waals surface area (Å²) in [7, 11) is 0. The van der Waals surface area contributed by atoms with Gasteiger partial charge in [-0.15, -0.1) is 23.7 Å². The van der Waals surface area contributed by atoms with Crippen molar-refractivity contribution in [2.24, 2.45) is 5.92 Å². The van der Waals surface area contributed by atoms with E-state index in [-0.39, 0.29) is 30.0 Å². The van der Waals surface area contributed by atoms with E-state index >= 15 is 0 Å². The van der Waals surface area contributed by atoms with Gasteiger partial charge < -0.3 is 10.6 Å². The first-order valence-corrected chi connectivity index (χ1v) is 8.64. The number of nitrogens with zero attached hydrogens (tertiary/aromatic N) is 2. The smallest absolute Gasteiger partial charge is 0.271 e. The minimum absolute atomic E-state index is 0. The molecular formula is C16H19ClN4O3S. The summed E-state index contributed by atoms with van der Waals surface area (Å²) in [6.45, 7) is 3.89. The fourth-order valence-electron chi connectivity index (χ4n) is 2.73. The maximum Gasteiger partial charge on any atom is 0.271 e. The number of thiazole rings is 1. The molecule has 2 atom stereocenters. The quantitative estimate of drug-likeness (QED) is 0.626. The Morgan fingerprint density at radius 3 is 3.00 bits per heavy atom. The molecule has 2 N–H and O–H groups in total. The zero-order valence-electron chi connectivity index (χ0n) is 13.6. The van der Waals surface area contributed by atoms with Crippen LogP contribution in [0.25, 0.3) is 10.6 Å². The van der Waals surface area contributed by atoms with Crippen LogP contribution in [0, 0.1) is 16.0 Å². The Kier molecular flexibility index (Phi) is 6.46. The largest absolute Gasteiger partial charge is 0.348 e. The van der Waals surface area contributed by atoms with E-state index in [0.717, 1.165) is 19.5 Å². The van der Waals surface area contributed by atoms with Crippen LogP contribution in [0.15, 0.2) is 29.6 Å². The lowest BCUT2D eigenvalue weighted by atomic mass is 9.95. The third-order valence-electron chi connectivity index (χ3n) is 4.14. The monoisotopic (exact) mass is 382 g/mol. The molecule has 0 saturated carbocycles. The van der Waals surface area contributed by atoms with Gasteiger partial charge in [-0.05, 0) is 25.4 Å². The number of piperidine rings is 1. The maximum absolute atomic E-state index is 12.4. The van der Waals surface area contributed by atoms with Crippen LogP contribution < -0.4 is 10.6 Å². The fraction of sp³-hybridized carbons (Fsp3) is 0.375. The molecule has 2 unspecified atom stereocenters. The highest BCUT2D eigenvalue weighted by Crippen LogP contribution is 2.27. The molecule has 1 aliphatic heterocycles. The van der Waals surface area contributed by atoms with E-state index in [2.05, 4.69) is 22.5 Å². The number of rotatable bonds is 4. The number of non-ortho nitro benzene ring substituents is 1. The van der Waals surface area contributed by atoms with E-state index in [1.165, 1.54) is 23.5 Å². The van der Waals surface area contributed by atoms with Gasteiger partial charge in [-0.2, -0.15) is 0 Å². The number of hydrogen-bond acceptors (Lipinski definition) is 6. The number of carbonyl (C=O) groups is 1. The van der Waals surface area contributed by atoms with Crippen molar-refractivity contribution in [3.8, 4) is 10.6 Å². The molecule has 2 heterocycles. The van der Waals surface area contributed by atoms with Crippen LogP contribution in [-0.2, 0) is 0 Å². The number of hydrogen-bond donors (Lipinski definition) is 2. The summed E-state index contributed by atoms with van der Waals surface area (Å²) in [5, 5.41) is 19.5. The molecule has 2 aromatic rings. The lowest BCUT2D eigenvalue weighted by molar-refractivity contribution is -0.384. The van der Waals surface area contributed by atoms with E-state index < -0.39 is 4.92 Å². The molecule has 3 rings (SSSR count). The molecule has 134 valence electrons. The number of amides is 1. The second-order valence-electron chi connectivity index (χ2n) is 5.90. The summed E-state index contributed by atoms with van der Waals surface area (Å²) < 4.78 is 0. The summed E-state index contributed by atoms with van der Waals surface area (Å²) in [6, 6.07) is 6.41. The minimum atomic E-state index is -0.441. The van der Waals surface area contributed by atoms with E-state index in [1.54, 1.807) is 17.5 Å². The van der Waals surface area contributed by atoms with Gasteiger partial charge in [0, 0.05) is 29.1 Å². The van der Waals surface area contributed by atoms with Crippen molar-refractivity contribution in [1.82, 2.24) is 15.6 Å². The maximum atomic E-state index is 12.4. The van der Waals surface area contributed by atoms with Gasteiger partial charge in [-0.3, -0.25) is 14.9 Å². The Morgan fingerprint density at radius 1 is 1.48 bits per heavy atom. The lowest BCUT2D eigenvalue weighted by Gasteiger charge is -2.29. The Hall–Kier alpha value is -2.03. The van der Waals surface area contributed by atoms with Crippen LogP contribution in [-0.4, -0.2) is 34.9 Å². The van der Waals surface area contributed by atoms with Crippen LogP contribution >= 0.6 is 23.7 Å². The topological polar surface area (TPSA) is 97.2 Å². The van der Waals surface area contributed by atoms with Gasteiger partial charge in [0.1, 0.15) is 10.7 Å². The van der Waals surface area contributed by atoms with Crippen LogP contribution in [0.1, 0.15) is 23.8 Å². The molecule has 0 bridgehead atoms. The van der Waals surface area contributed by atoms with E-state index in [4.69, 9.17) is 0 Å². The van der Waals surface area contributed by atoms with E-state index in [0.29, 0.717) is 22.2 Å². The number of halogens is 1. The summed E-state index contributed by atoms with van der Waals surface area (Å²) in [4.78, 5) is 27.2. The second kappa shape index (κ2) is 8.37. The van der Waals surface area contributed by atoms with Crippen LogP contribution in [0.5, 0.6) is 0 Å². The van der Waals surface area contributed by atoms with Crippen LogP contribution in [0.4, 0.5) is 5.69 Å². The SMILES string of the molecule is CC1CNCCC1NC(=O)c1csc(-c2cccc([N+](=O)[O-])c2)n1.Cl. The van der Waals surface area contributed by atoms with Crippen molar-refractivity contribution in [3.63, 3.8) is 0 Å². The summed E-state index contributed by atoms with van der Waals surface area (Å²) in [5.41, 5.74) is 1.01. The third-order valence-corrected chi connectivity index (χ3v) is 5.03. The highest BCUT2D eigenvalue weighted by molar-refractivity contribution is 7.13. The number of benzene rings is 1. The highest BCUT2D eigenvalue weighted by atomic mass is 35.5.